The SMILES string of the molecule is COc1ccc2c(C)c(CCC(=O)NCc3cccnc3)c(=O)oc2c1C. The zero-order valence-corrected chi connectivity index (χ0v) is 15.7. The van der Waals surface area contributed by atoms with Gasteiger partial charge in [-0.3, -0.25) is 9.78 Å². The van der Waals surface area contributed by atoms with Gasteiger partial charge in [0.2, 0.25) is 5.91 Å². The lowest BCUT2D eigenvalue weighted by atomic mass is 10.0. The Balaban J connectivity index is 1.75. The molecule has 0 bridgehead atoms. The van der Waals surface area contributed by atoms with Crippen molar-refractivity contribution in [3.8, 4) is 5.75 Å². The van der Waals surface area contributed by atoms with Crippen molar-refractivity contribution >= 4 is 16.9 Å². The second-order valence-electron chi connectivity index (χ2n) is 6.40. The lowest BCUT2D eigenvalue weighted by molar-refractivity contribution is -0.121. The van der Waals surface area contributed by atoms with Crippen molar-refractivity contribution < 1.29 is 13.9 Å². The monoisotopic (exact) mass is 366 g/mol. The van der Waals surface area contributed by atoms with Crippen LogP contribution in [-0.4, -0.2) is 18.0 Å². The largest absolute Gasteiger partial charge is 0.496 e. The van der Waals surface area contributed by atoms with Gasteiger partial charge in [0.15, 0.2) is 0 Å². The van der Waals surface area contributed by atoms with Crippen LogP contribution in [0.1, 0.15) is 28.7 Å². The summed E-state index contributed by atoms with van der Waals surface area (Å²) in [6, 6.07) is 7.45. The minimum Gasteiger partial charge on any atom is -0.496 e. The number of benzene rings is 1. The van der Waals surface area contributed by atoms with Gasteiger partial charge in [0.05, 0.1) is 7.11 Å². The summed E-state index contributed by atoms with van der Waals surface area (Å²) in [5, 5.41) is 3.70. The molecule has 2 aromatic heterocycles. The zero-order chi connectivity index (χ0) is 19.4. The molecule has 3 aromatic rings. The second-order valence-corrected chi connectivity index (χ2v) is 6.40. The Morgan fingerprint density at radius 3 is 2.74 bits per heavy atom. The molecule has 1 amide bonds. The fourth-order valence-corrected chi connectivity index (χ4v) is 3.11. The van der Waals surface area contributed by atoms with Gasteiger partial charge < -0.3 is 14.5 Å². The molecule has 3 rings (SSSR count). The maximum Gasteiger partial charge on any atom is 0.339 e. The number of hydrogen-bond acceptors (Lipinski definition) is 5. The van der Waals surface area contributed by atoms with Gasteiger partial charge in [-0.2, -0.15) is 0 Å². The number of aryl methyl sites for hydroxylation is 2. The summed E-state index contributed by atoms with van der Waals surface area (Å²) < 4.78 is 10.8. The molecule has 1 N–H and O–H groups in total. The van der Waals surface area contributed by atoms with E-state index in [1.165, 1.54) is 0 Å². The molecule has 0 fully saturated rings. The lowest BCUT2D eigenvalue weighted by Gasteiger charge is -2.11. The fourth-order valence-electron chi connectivity index (χ4n) is 3.11. The first-order valence-electron chi connectivity index (χ1n) is 8.76. The standard InChI is InChI=1S/C21H22N2O4/c1-13-16-6-8-18(26-3)14(2)20(16)27-21(25)17(13)7-9-19(24)23-12-15-5-4-10-22-11-15/h4-6,8,10-11H,7,9,12H2,1-3H3,(H,23,24). The predicted octanol–water partition coefficient (Wildman–Crippen LogP) is 3.06. The molecule has 1 aromatic carbocycles. The van der Waals surface area contributed by atoms with Gasteiger partial charge in [-0.15, -0.1) is 0 Å². The van der Waals surface area contributed by atoms with Gasteiger partial charge in [0, 0.05) is 41.9 Å². The molecule has 0 aliphatic rings. The Bertz CT molecular complexity index is 1030. The molecule has 0 aliphatic carbocycles. The number of nitrogens with one attached hydrogen (secondary N) is 1. The average molecular weight is 366 g/mol. The maximum absolute atomic E-state index is 12.5. The van der Waals surface area contributed by atoms with E-state index in [2.05, 4.69) is 10.3 Å². The summed E-state index contributed by atoms with van der Waals surface area (Å²) in [6.45, 7) is 4.15. The van der Waals surface area contributed by atoms with Gasteiger partial charge in [-0.25, -0.2) is 4.79 Å². The second kappa shape index (κ2) is 8.03. The summed E-state index contributed by atoms with van der Waals surface area (Å²) in [4.78, 5) is 28.6. The highest BCUT2D eigenvalue weighted by Crippen LogP contribution is 2.29. The van der Waals surface area contributed by atoms with Crippen molar-refractivity contribution in [2.24, 2.45) is 0 Å². The molecule has 0 saturated carbocycles. The van der Waals surface area contributed by atoms with Crippen LogP contribution < -0.4 is 15.7 Å². The van der Waals surface area contributed by atoms with Gasteiger partial charge >= 0.3 is 5.63 Å². The smallest absolute Gasteiger partial charge is 0.339 e. The fraction of sp³-hybridized carbons (Fsp3) is 0.286. The number of carbonyl (C=O) groups is 1. The molecule has 2 heterocycles. The molecule has 27 heavy (non-hydrogen) atoms. The third kappa shape index (κ3) is 4.00. The van der Waals surface area contributed by atoms with Crippen LogP contribution in [0.3, 0.4) is 0 Å². The number of aromatic nitrogens is 1. The molecule has 140 valence electrons. The summed E-state index contributed by atoms with van der Waals surface area (Å²) in [5.41, 5.74) is 3.21. The molecular weight excluding hydrogens is 344 g/mol. The van der Waals surface area contributed by atoms with E-state index in [1.807, 2.05) is 38.1 Å². The number of fused-ring (bicyclic) bond motifs is 1. The van der Waals surface area contributed by atoms with Crippen molar-refractivity contribution in [2.45, 2.75) is 33.2 Å². The van der Waals surface area contributed by atoms with Gasteiger partial charge in [-0.1, -0.05) is 6.07 Å². The highest BCUT2D eigenvalue weighted by atomic mass is 16.5. The first-order valence-corrected chi connectivity index (χ1v) is 8.76. The minimum atomic E-state index is -0.406. The maximum atomic E-state index is 12.5. The third-order valence-electron chi connectivity index (χ3n) is 4.69. The van der Waals surface area contributed by atoms with E-state index in [4.69, 9.17) is 9.15 Å². The molecule has 0 aliphatic heterocycles. The van der Waals surface area contributed by atoms with Crippen LogP contribution in [-0.2, 0) is 17.8 Å². The molecule has 6 nitrogen and oxygen atoms in total. The molecule has 0 atom stereocenters. The summed E-state index contributed by atoms with van der Waals surface area (Å²) in [6.07, 6.45) is 3.93. The van der Waals surface area contributed by atoms with Gasteiger partial charge in [0.25, 0.3) is 0 Å². The number of ether oxygens (including phenoxy) is 1. The Morgan fingerprint density at radius 1 is 1.22 bits per heavy atom. The van der Waals surface area contributed by atoms with Crippen molar-refractivity contribution in [3.63, 3.8) is 0 Å². The number of rotatable bonds is 6. The van der Waals surface area contributed by atoms with Gasteiger partial charge in [0.1, 0.15) is 11.3 Å². The van der Waals surface area contributed by atoms with Crippen LogP contribution in [0.25, 0.3) is 11.0 Å². The van der Waals surface area contributed by atoms with E-state index in [1.54, 1.807) is 19.5 Å². The molecule has 0 saturated heterocycles. The number of nitrogens with zero attached hydrogens (tertiary/aromatic N) is 1. The van der Waals surface area contributed by atoms with E-state index in [9.17, 15) is 9.59 Å². The molecule has 6 heteroatoms. The average Bonchev–Trinajstić information content (AvgIpc) is 2.68. The number of hydrogen-bond donors (Lipinski definition) is 1. The van der Waals surface area contributed by atoms with Crippen LogP contribution >= 0.6 is 0 Å². The van der Waals surface area contributed by atoms with Gasteiger partial charge in [-0.05, 0) is 49.6 Å². The van der Waals surface area contributed by atoms with Crippen LogP contribution in [0.5, 0.6) is 5.75 Å². The molecule has 0 unspecified atom stereocenters. The highest BCUT2D eigenvalue weighted by molar-refractivity contribution is 5.85. The third-order valence-corrected chi connectivity index (χ3v) is 4.69. The van der Waals surface area contributed by atoms with Crippen LogP contribution in [0.2, 0.25) is 0 Å². The number of amides is 1. The van der Waals surface area contributed by atoms with E-state index in [-0.39, 0.29) is 12.3 Å². The van der Waals surface area contributed by atoms with E-state index in [0.717, 1.165) is 22.1 Å². The lowest BCUT2D eigenvalue weighted by Crippen LogP contribution is -2.24. The summed E-state index contributed by atoms with van der Waals surface area (Å²) in [5.74, 6) is 0.552. The quantitative estimate of drug-likeness (QED) is 0.678. The number of pyridine rings is 1. The Hall–Kier alpha value is -3.15. The van der Waals surface area contributed by atoms with Crippen molar-refractivity contribution in [1.29, 1.82) is 0 Å². The van der Waals surface area contributed by atoms with Crippen LogP contribution in [0, 0.1) is 13.8 Å². The van der Waals surface area contributed by atoms with Crippen molar-refractivity contribution in [2.75, 3.05) is 7.11 Å². The van der Waals surface area contributed by atoms with Crippen molar-refractivity contribution in [3.05, 3.63) is 69.3 Å². The Morgan fingerprint density at radius 2 is 2.04 bits per heavy atom. The molecule has 0 radical (unpaired) electrons. The first-order chi connectivity index (χ1) is 13.0. The summed E-state index contributed by atoms with van der Waals surface area (Å²) >= 11 is 0. The van der Waals surface area contributed by atoms with E-state index in [0.29, 0.717) is 29.9 Å². The van der Waals surface area contributed by atoms with Crippen molar-refractivity contribution in [1.82, 2.24) is 10.3 Å². The van der Waals surface area contributed by atoms with E-state index >= 15 is 0 Å². The number of carbonyl (C=O) groups excluding carboxylic acids is 1. The summed E-state index contributed by atoms with van der Waals surface area (Å²) in [7, 11) is 1.58. The van der Waals surface area contributed by atoms with E-state index < -0.39 is 5.63 Å². The normalized spacial score (nSPS) is 10.8. The van der Waals surface area contributed by atoms with Crippen LogP contribution in [0.15, 0.2) is 45.9 Å². The Kier molecular flexibility index (Phi) is 5.54. The topological polar surface area (TPSA) is 81.4 Å². The molecule has 0 spiro atoms. The zero-order valence-electron chi connectivity index (χ0n) is 15.7. The molecular formula is C21H22N2O4. The van der Waals surface area contributed by atoms with Crippen LogP contribution in [0.4, 0.5) is 0 Å². The predicted molar refractivity (Wildman–Crippen MR) is 103 cm³/mol. The number of methoxy groups -OCH3 is 1. The first kappa shape index (κ1) is 18.6. The highest BCUT2D eigenvalue weighted by Gasteiger charge is 2.16. The Labute approximate surface area is 157 Å². The minimum absolute atomic E-state index is 0.122.